The number of phenols is 4. The van der Waals surface area contributed by atoms with Gasteiger partial charge in [0.05, 0.1) is 0 Å². The zero-order valence-electron chi connectivity index (χ0n) is 28.3. The van der Waals surface area contributed by atoms with Gasteiger partial charge in [-0.05, 0) is 69.1 Å². The molecule has 253 valence electrons. The number of rotatable bonds is 4. The van der Waals surface area contributed by atoms with E-state index < -0.39 is 0 Å². The van der Waals surface area contributed by atoms with Crippen LogP contribution in [0.3, 0.4) is 0 Å². The van der Waals surface area contributed by atoms with Crippen LogP contribution in [0, 0.1) is 0 Å². The van der Waals surface area contributed by atoms with E-state index in [-0.39, 0.29) is 50.6 Å². The molecule has 0 unspecified atom stereocenters. The van der Waals surface area contributed by atoms with Gasteiger partial charge in [-0.3, -0.25) is 0 Å². The summed E-state index contributed by atoms with van der Waals surface area (Å²) >= 11 is 0. The van der Waals surface area contributed by atoms with Crippen molar-refractivity contribution in [3.8, 4) is 23.0 Å². The molecule has 4 N–H and O–H groups in total. The van der Waals surface area contributed by atoms with Gasteiger partial charge in [0.2, 0.25) is 0 Å². The summed E-state index contributed by atoms with van der Waals surface area (Å²) in [6.07, 6.45) is 0. The molecule has 0 saturated heterocycles. The van der Waals surface area contributed by atoms with E-state index in [9.17, 15) is 20.4 Å². The van der Waals surface area contributed by atoms with Crippen LogP contribution in [0.15, 0.2) is 130 Å². The van der Waals surface area contributed by atoms with Gasteiger partial charge in [0.1, 0.15) is 45.7 Å². The van der Waals surface area contributed by atoms with E-state index >= 15 is 0 Å². The van der Waals surface area contributed by atoms with E-state index in [1.165, 1.54) is 0 Å². The number of nitrogens with zero attached hydrogens (tertiary/aromatic N) is 4. The number of fused-ring (bicyclic) bond motifs is 2. The summed E-state index contributed by atoms with van der Waals surface area (Å²) in [7, 11) is 0. The quantitative estimate of drug-likeness (QED) is 0.136. The molecule has 0 aliphatic heterocycles. The van der Waals surface area contributed by atoms with Crippen molar-refractivity contribution in [2.45, 2.75) is 52.4 Å². The van der Waals surface area contributed by atoms with Gasteiger partial charge in [-0.15, -0.1) is 20.5 Å². The molecule has 6 aromatic rings. The number of hydrogen-bond donors (Lipinski definition) is 4. The Morgan fingerprint density at radius 2 is 0.755 bits per heavy atom. The number of phenolic OH excluding ortho intramolecular Hbond substituents is 4. The van der Waals surface area contributed by atoms with Crippen LogP contribution in [0.5, 0.6) is 23.0 Å². The zero-order valence-corrected chi connectivity index (χ0v) is 29.3. The van der Waals surface area contributed by atoms with Crippen LogP contribution in [-0.2, 0) is 27.6 Å². The molecular weight excluding hydrogens is 659 g/mol. The van der Waals surface area contributed by atoms with Crippen molar-refractivity contribution < 1.29 is 37.2 Å². The van der Waals surface area contributed by atoms with Gasteiger partial charge >= 0.3 is 0 Å². The summed E-state index contributed by atoms with van der Waals surface area (Å²) in [5.74, 6) is 0.241. The molecule has 49 heavy (non-hydrogen) atoms. The van der Waals surface area contributed by atoms with Gasteiger partial charge in [0, 0.05) is 27.6 Å². The van der Waals surface area contributed by atoms with Crippen LogP contribution in [0.2, 0.25) is 0 Å². The Hall–Kier alpha value is -5.25. The summed E-state index contributed by atoms with van der Waals surface area (Å²) in [6, 6.07) is 32.8. The van der Waals surface area contributed by atoms with Crippen LogP contribution in [0.1, 0.15) is 52.7 Å². The summed E-state index contributed by atoms with van der Waals surface area (Å²) in [6.45, 7) is 12.6. The topological polar surface area (TPSA) is 130 Å². The zero-order chi connectivity index (χ0) is 34.6. The molecule has 0 spiro atoms. The third-order valence-electron chi connectivity index (χ3n) is 7.96. The maximum atomic E-state index is 10.1. The van der Waals surface area contributed by atoms with Crippen molar-refractivity contribution in [3.63, 3.8) is 0 Å². The predicted octanol–water partition coefficient (Wildman–Crippen LogP) is 11.9. The Balaban J connectivity index is 0.000000216. The Morgan fingerprint density at radius 3 is 1.12 bits per heavy atom. The van der Waals surface area contributed by atoms with E-state index in [0.29, 0.717) is 22.7 Å². The maximum absolute atomic E-state index is 10.1. The van der Waals surface area contributed by atoms with Crippen molar-refractivity contribution in [1.29, 1.82) is 0 Å². The summed E-state index contributed by atoms with van der Waals surface area (Å²) in [5.41, 5.74) is 3.55. The normalized spacial score (nSPS) is 11.9. The molecule has 8 nitrogen and oxygen atoms in total. The molecule has 0 aliphatic carbocycles. The molecule has 6 aromatic carbocycles. The molecule has 0 bridgehead atoms. The van der Waals surface area contributed by atoms with Crippen molar-refractivity contribution in [3.05, 3.63) is 120 Å². The van der Waals surface area contributed by atoms with Gasteiger partial charge < -0.3 is 20.4 Å². The van der Waals surface area contributed by atoms with Crippen LogP contribution in [0.4, 0.5) is 22.7 Å². The summed E-state index contributed by atoms with van der Waals surface area (Å²) in [5, 5.41) is 60.7. The third kappa shape index (κ3) is 8.62. The first kappa shape index (κ1) is 36.6. The van der Waals surface area contributed by atoms with Crippen LogP contribution < -0.4 is 0 Å². The smallest absolute Gasteiger partial charge is 0.143 e. The number of benzene rings is 6. The molecule has 1 radical (unpaired) electrons. The maximum Gasteiger partial charge on any atom is 0.143 e. The second-order valence-electron chi connectivity index (χ2n) is 13.6. The minimum Gasteiger partial charge on any atom is -0.506 e. The summed E-state index contributed by atoms with van der Waals surface area (Å²) < 4.78 is 0. The SMILES string of the molecule is CC(C)(C)c1ccc(O)c(N=Nc2c(O)ccc3ccccc23)c1.CC(C)(C)c1ccc(O)c(N=Nc2c(O)ccc3ccccc23)c1.[Co]. The van der Waals surface area contributed by atoms with Gasteiger partial charge in [0.25, 0.3) is 0 Å². The Morgan fingerprint density at radius 1 is 0.408 bits per heavy atom. The Labute approximate surface area is 296 Å². The van der Waals surface area contributed by atoms with E-state index in [0.717, 1.165) is 32.7 Å². The summed E-state index contributed by atoms with van der Waals surface area (Å²) in [4.78, 5) is 0. The molecule has 0 aliphatic rings. The average Bonchev–Trinajstić information content (AvgIpc) is 3.04. The molecule has 0 heterocycles. The molecule has 0 saturated carbocycles. The Kier molecular flexibility index (Phi) is 11.1. The van der Waals surface area contributed by atoms with E-state index in [2.05, 4.69) is 62.0 Å². The molecule has 0 aromatic heterocycles. The predicted molar refractivity (Wildman–Crippen MR) is 193 cm³/mol. The fourth-order valence-corrected chi connectivity index (χ4v) is 5.05. The molecule has 0 atom stereocenters. The molecule has 9 heteroatoms. The standard InChI is InChI=1S/2C20H20N2O2.Co/c2*1-20(2,3)14-9-11-17(23)16(12-14)21-22-19-15-7-5-4-6-13(15)8-10-18(19)24;/h2*4-12,23-24H,1-3H3;. The number of hydrogen-bond acceptors (Lipinski definition) is 8. The largest absolute Gasteiger partial charge is 0.506 e. The van der Waals surface area contributed by atoms with Crippen molar-refractivity contribution in [2.24, 2.45) is 20.5 Å². The Bertz CT molecular complexity index is 2010. The van der Waals surface area contributed by atoms with Crippen LogP contribution >= 0.6 is 0 Å². The number of azo groups is 2. The van der Waals surface area contributed by atoms with Crippen LogP contribution in [-0.4, -0.2) is 20.4 Å². The third-order valence-corrected chi connectivity index (χ3v) is 7.96. The van der Waals surface area contributed by atoms with E-state index in [1.807, 2.05) is 84.9 Å². The first-order valence-electron chi connectivity index (χ1n) is 15.6. The fourth-order valence-electron chi connectivity index (χ4n) is 5.05. The van der Waals surface area contributed by atoms with Crippen molar-refractivity contribution in [2.75, 3.05) is 0 Å². The molecular formula is C40H40CoN4O4. The molecule has 6 rings (SSSR count). The minimum absolute atomic E-state index is 0. The second-order valence-corrected chi connectivity index (χ2v) is 13.6. The van der Waals surface area contributed by atoms with E-state index in [4.69, 9.17) is 0 Å². The monoisotopic (exact) mass is 699 g/mol. The van der Waals surface area contributed by atoms with Gasteiger partial charge in [-0.25, -0.2) is 0 Å². The van der Waals surface area contributed by atoms with Crippen LogP contribution in [0.25, 0.3) is 21.5 Å². The first-order chi connectivity index (χ1) is 22.7. The minimum atomic E-state index is -0.0560. The fraction of sp³-hybridized carbons (Fsp3) is 0.200. The second kappa shape index (κ2) is 14.9. The van der Waals surface area contributed by atoms with Gasteiger partial charge in [-0.2, -0.15) is 0 Å². The van der Waals surface area contributed by atoms with Gasteiger partial charge in [0.15, 0.2) is 0 Å². The van der Waals surface area contributed by atoms with Crippen molar-refractivity contribution >= 4 is 44.3 Å². The van der Waals surface area contributed by atoms with Crippen molar-refractivity contribution in [1.82, 2.24) is 0 Å². The molecule has 0 amide bonds. The van der Waals surface area contributed by atoms with Gasteiger partial charge in [-0.1, -0.05) is 114 Å². The number of aromatic hydroxyl groups is 4. The molecule has 0 fully saturated rings. The van der Waals surface area contributed by atoms with E-state index in [1.54, 1.807) is 24.3 Å². The first-order valence-corrected chi connectivity index (χ1v) is 15.6. The average molecular weight is 700 g/mol.